The molecule has 0 unspecified atom stereocenters. The summed E-state index contributed by atoms with van der Waals surface area (Å²) in [6.45, 7) is 6.62. The van der Waals surface area contributed by atoms with Crippen molar-refractivity contribution in [2.24, 2.45) is 0 Å². The van der Waals surface area contributed by atoms with Gasteiger partial charge in [-0.25, -0.2) is 0 Å². The Morgan fingerprint density at radius 1 is 0.833 bits per heavy atom. The standard InChI is InChI=1S/C18H20/c1-4-16(14(2)3)18-13-9-8-12-17(18)15-10-6-5-7-11-15/h5-13H,4H2,1-3H3. The summed E-state index contributed by atoms with van der Waals surface area (Å²) in [4.78, 5) is 0. The van der Waals surface area contributed by atoms with Gasteiger partial charge in [-0.1, -0.05) is 67.1 Å². The first-order valence-electron chi connectivity index (χ1n) is 6.55. The van der Waals surface area contributed by atoms with Crippen LogP contribution >= 0.6 is 0 Å². The van der Waals surface area contributed by atoms with Crippen LogP contribution in [0.1, 0.15) is 32.8 Å². The van der Waals surface area contributed by atoms with E-state index in [0.29, 0.717) is 0 Å². The molecule has 0 spiro atoms. The summed E-state index contributed by atoms with van der Waals surface area (Å²) >= 11 is 0. The highest BCUT2D eigenvalue weighted by Gasteiger charge is 2.08. The highest BCUT2D eigenvalue weighted by atomic mass is 14.1. The van der Waals surface area contributed by atoms with E-state index in [0.717, 1.165) is 6.42 Å². The van der Waals surface area contributed by atoms with E-state index >= 15 is 0 Å². The van der Waals surface area contributed by atoms with Crippen LogP contribution in [-0.2, 0) is 0 Å². The Hall–Kier alpha value is -1.82. The van der Waals surface area contributed by atoms with E-state index < -0.39 is 0 Å². The maximum absolute atomic E-state index is 2.23. The third-order valence-electron chi connectivity index (χ3n) is 3.29. The van der Waals surface area contributed by atoms with Crippen LogP contribution in [0.15, 0.2) is 60.2 Å². The van der Waals surface area contributed by atoms with Crippen LogP contribution in [0.3, 0.4) is 0 Å². The van der Waals surface area contributed by atoms with Gasteiger partial charge >= 0.3 is 0 Å². The zero-order valence-corrected chi connectivity index (χ0v) is 11.4. The highest BCUT2D eigenvalue weighted by Crippen LogP contribution is 2.31. The topological polar surface area (TPSA) is 0 Å². The molecule has 0 aliphatic rings. The second kappa shape index (κ2) is 5.68. The monoisotopic (exact) mass is 236 g/mol. The average molecular weight is 236 g/mol. The molecule has 2 rings (SSSR count). The number of hydrogen-bond donors (Lipinski definition) is 0. The maximum atomic E-state index is 2.23. The van der Waals surface area contributed by atoms with Crippen molar-refractivity contribution >= 4 is 5.57 Å². The molecule has 0 saturated carbocycles. The van der Waals surface area contributed by atoms with Crippen molar-refractivity contribution in [3.8, 4) is 11.1 Å². The molecule has 0 aliphatic heterocycles. The van der Waals surface area contributed by atoms with Crippen LogP contribution in [0.2, 0.25) is 0 Å². The largest absolute Gasteiger partial charge is 0.0726 e. The van der Waals surface area contributed by atoms with Gasteiger partial charge in [-0.2, -0.15) is 0 Å². The fourth-order valence-corrected chi connectivity index (χ4v) is 2.43. The average Bonchev–Trinajstić information content (AvgIpc) is 2.41. The van der Waals surface area contributed by atoms with Gasteiger partial charge in [0.1, 0.15) is 0 Å². The van der Waals surface area contributed by atoms with Crippen LogP contribution in [0.4, 0.5) is 0 Å². The van der Waals surface area contributed by atoms with Crippen molar-refractivity contribution in [3.63, 3.8) is 0 Å². The molecule has 0 heterocycles. The minimum Gasteiger partial charge on any atom is -0.0726 e. The number of allylic oxidation sites excluding steroid dienone is 2. The van der Waals surface area contributed by atoms with Gasteiger partial charge < -0.3 is 0 Å². The molecule has 0 saturated heterocycles. The Morgan fingerprint density at radius 3 is 2.06 bits per heavy atom. The summed E-state index contributed by atoms with van der Waals surface area (Å²) in [6, 6.07) is 19.3. The SMILES string of the molecule is CCC(=C(C)C)c1ccccc1-c1ccccc1. The first kappa shape index (κ1) is 12.6. The van der Waals surface area contributed by atoms with Crippen molar-refractivity contribution in [3.05, 3.63) is 65.7 Å². The summed E-state index contributed by atoms with van der Waals surface area (Å²) in [5.74, 6) is 0. The van der Waals surface area contributed by atoms with E-state index in [4.69, 9.17) is 0 Å². The molecule has 92 valence electrons. The van der Waals surface area contributed by atoms with Crippen molar-refractivity contribution in [1.82, 2.24) is 0 Å². The molecule has 0 aromatic heterocycles. The normalized spacial score (nSPS) is 10.2. The lowest BCUT2D eigenvalue weighted by Gasteiger charge is -2.14. The molecule has 0 bridgehead atoms. The zero-order chi connectivity index (χ0) is 13.0. The minimum absolute atomic E-state index is 1.08. The predicted octanol–water partition coefficient (Wildman–Crippen LogP) is 5.56. The van der Waals surface area contributed by atoms with Gasteiger partial charge in [-0.3, -0.25) is 0 Å². The van der Waals surface area contributed by atoms with Gasteiger partial charge in [0.15, 0.2) is 0 Å². The van der Waals surface area contributed by atoms with E-state index in [9.17, 15) is 0 Å². The van der Waals surface area contributed by atoms with Gasteiger partial charge in [0, 0.05) is 0 Å². The number of hydrogen-bond acceptors (Lipinski definition) is 0. The Labute approximate surface area is 110 Å². The molecule has 0 heteroatoms. The molecule has 2 aromatic rings. The Bertz CT molecular complexity index is 543. The third kappa shape index (κ3) is 2.53. The molecule has 0 atom stereocenters. The van der Waals surface area contributed by atoms with Crippen LogP contribution in [0.5, 0.6) is 0 Å². The van der Waals surface area contributed by atoms with Crippen LogP contribution in [0.25, 0.3) is 16.7 Å². The van der Waals surface area contributed by atoms with E-state index in [2.05, 4.69) is 75.4 Å². The highest BCUT2D eigenvalue weighted by molar-refractivity contribution is 5.82. The van der Waals surface area contributed by atoms with Crippen molar-refractivity contribution in [2.75, 3.05) is 0 Å². The third-order valence-corrected chi connectivity index (χ3v) is 3.29. The fourth-order valence-electron chi connectivity index (χ4n) is 2.43. The molecule has 0 aliphatic carbocycles. The Kier molecular flexibility index (Phi) is 3.99. The smallest absolute Gasteiger partial charge is 0.0109 e. The maximum Gasteiger partial charge on any atom is -0.0109 e. The van der Waals surface area contributed by atoms with E-state index in [1.165, 1.54) is 27.8 Å². The lowest BCUT2D eigenvalue weighted by Crippen LogP contribution is -1.90. The van der Waals surface area contributed by atoms with Crippen LogP contribution in [0, 0.1) is 0 Å². The minimum atomic E-state index is 1.08. The molecule has 0 N–H and O–H groups in total. The number of benzene rings is 2. The summed E-state index contributed by atoms with van der Waals surface area (Å²) in [5.41, 5.74) is 6.85. The van der Waals surface area contributed by atoms with E-state index in [1.54, 1.807) is 0 Å². The molecular weight excluding hydrogens is 216 g/mol. The van der Waals surface area contributed by atoms with Crippen LogP contribution < -0.4 is 0 Å². The van der Waals surface area contributed by atoms with E-state index in [1.807, 2.05) is 0 Å². The molecular formula is C18H20. The summed E-state index contributed by atoms with van der Waals surface area (Å²) in [5, 5.41) is 0. The first-order valence-corrected chi connectivity index (χ1v) is 6.55. The lowest BCUT2D eigenvalue weighted by atomic mass is 9.91. The van der Waals surface area contributed by atoms with Crippen molar-refractivity contribution < 1.29 is 0 Å². The zero-order valence-electron chi connectivity index (χ0n) is 11.4. The predicted molar refractivity (Wildman–Crippen MR) is 80.4 cm³/mol. The fraction of sp³-hybridized carbons (Fsp3) is 0.222. The Balaban J connectivity index is 2.61. The lowest BCUT2D eigenvalue weighted by molar-refractivity contribution is 1.19. The van der Waals surface area contributed by atoms with Gasteiger partial charge in [0.2, 0.25) is 0 Å². The van der Waals surface area contributed by atoms with E-state index in [-0.39, 0.29) is 0 Å². The second-order valence-corrected chi connectivity index (χ2v) is 4.74. The summed E-state index contributed by atoms with van der Waals surface area (Å²) in [7, 11) is 0. The van der Waals surface area contributed by atoms with Crippen molar-refractivity contribution in [1.29, 1.82) is 0 Å². The molecule has 0 amide bonds. The van der Waals surface area contributed by atoms with Gasteiger partial charge in [-0.05, 0) is 42.5 Å². The van der Waals surface area contributed by atoms with Crippen LogP contribution in [-0.4, -0.2) is 0 Å². The quantitative estimate of drug-likeness (QED) is 0.654. The first-order chi connectivity index (χ1) is 8.74. The molecule has 0 fully saturated rings. The molecule has 0 nitrogen and oxygen atoms in total. The number of rotatable bonds is 3. The van der Waals surface area contributed by atoms with Gasteiger partial charge in [0.05, 0.1) is 0 Å². The van der Waals surface area contributed by atoms with Gasteiger partial charge in [0.25, 0.3) is 0 Å². The summed E-state index contributed by atoms with van der Waals surface area (Å²) in [6.07, 6.45) is 1.08. The molecule has 0 radical (unpaired) electrons. The second-order valence-electron chi connectivity index (χ2n) is 4.74. The van der Waals surface area contributed by atoms with Gasteiger partial charge in [-0.15, -0.1) is 0 Å². The Morgan fingerprint density at radius 2 is 1.44 bits per heavy atom. The molecule has 2 aromatic carbocycles. The summed E-state index contributed by atoms with van der Waals surface area (Å²) < 4.78 is 0. The molecule has 18 heavy (non-hydrogen) atoms. The van der Waals surface area contributed by atoms with Crippen molar-refractivity contribution in [2.45, 2.75) is 27.2 Å².